The number of aryl methyl sites for hydroxylation is 2. The van der Waals surface area contributed by atoms with Gasteiger partial charge in [-0.3, -0.25) is 9.69 Å². The van der Waals surface area contributed by atoms with Crippen molar-refractivity contribution >= 4 is 40.3 Å². The second-order valence-corrected chi connectivity index (χ2v) is 5.96. The Hall–Kier alpha value is -1.13. The van der Waals surface area contributed by atoms with Gasteiger partial charge in [-0.2, -0.15) is 0 Å². The maximum absolute atomic E-state index is 12.1. The zero-order valence-corrected chi connectivity index (χ0v) is 12.3. The molecule has 1 aromatic rings. The minimum atomic E-state index is 0.0217. The average Bonchev–Trinajstić information content (AvgIpc) is 2.59. The topological polar surface area (TPSA) is 20.3 Å². The zero-order valence-electron chi connectivity index (χ0n) is 10.7. The summed E-state index contributed by atoms with van der Waals surface area (Å²) in [5.41, 5.74) is 3.45. The van der Waals surface area contributed by atoms with E-state index >= 15 is 0 Å². The summed E-state index contributed by atoms with van der Waals surface area (Å²) in [5, 5.41) is 0. The van der Waals surface area contributed by atoms with Crippen LogP contribution in [0.15, 0.2) is 23.1 Å². The van der Waals surface area contributed by atoms with E-state index in [2.05, 4.69) is 18.2 Å². The quantitative estimate of drug-likeness (QED) is 0.609. The van der Waals surface area contributed by atoms with E-state index < -0.39 is 0 Å². The molecule has 2 rings (SSSR count). The van der Waals surface area contributed by atoms with Gasteiger partial charge in [0.05, 0.1) is 4.91 Å². The van der Waals surface area contributed by atoms with Crippen LogP contribution in [-0.2, 0) is 4.79 Å². The van der Waals surface area contributed by atoms with Crippen LogP contribution in [0.25, 0.3) is 6.08 Å². The highest BCUT2D eigenvalue weighted by Crippen LogP contribution is 2.32. The van der Waals surface area contributed by atoms with Crippen LogP contribution in [0.1, 0.15) is 23.6 Å². The third-order valence-electron chi connectivity index (χ3n) is 2.91. The van der Waals surface area contributed by atoms with Crippen molar-refractivity contribution in [3.8, 4) is 0 Å². The van der Waals surface area contributed by atoms with Crippen molar-refractivity contribution in [1.29, 1.82) is 0 Å². The molecule has 0 radical (unpaired) electrons. The highest BCUT2D eigenvalue weighted by atomic mass is 32.2. The van der Waals surface area contributed by atoms with E-state index in [1.165, 1.54) is 22.9 Å². The lowest BCUT2D eigenvalue weighted by Gasteiger charge is -2.09. The predicted molar refractivity (Wildman–Crippen MR) is 81.5 cm³/mol. The van der Waals surface area contributed by atoms with Gasteiger partial charge in [-0.15, -0.1) is 0 Å². The number of thioether (sulfide) groups is 1. The minimum absolute atomic E-state index is 0.0217. The summed E-state index contributed by atoms with van der Waals surface area (Å²) >= 11 is 6.58. The van der Waals surface area contributed by atoms with E-state index in [1.807, 2.05) is 26.8 Å². The van der Waals surface area contributed by atoms with Crippen molar-refractivity contribution in [3.63, 3.8) is 0 Å². The first kappa shape index (κ1) is 13.3. The van der Waals surface area contributed by atoms with Gasteiger partial charge in [-0.1, -0.05) is 47.7 Å². The van der Waals surface area contributed by atoms with Crippen molar-refractivity contribution in [3.05, 3.63) is 39.8 Å². The fraction of sp³-hybridized carbons (Fsp3) is 0.286. The van der Waals surface area contributed by atoms with Crippen molar-refractivity contribution in [1.82, 2.24) is 4.90 Å². The second-order valence-electron chi connectivity index (χ2n) is 4.29. The molecule has 0 atom stereocenters. The SMILES string of the molecule is CCN1C(=O)/C(=C\c2cc(C)ccc2C)SC1=S. The smallest absolute Gasteiger partial charge is 0.266 e. The number of rotatable bonds is 2. The van der Waals surface area contributed by atoms with Crippen molar-refractivity contribution in [2.75, 3.05) is 6.54 Å². The summed E-state index contributed by atoms with van der Waals surface area (Å²) in [6.45, 7) is 6.67. The molecule has 1 aromatic carbocycles. The summed E-state index contributed by atoms with van der Waals surface area (Å²) in [5.74, 6) is 0.0217. The van der Waals surface area contributed by atoms with Gasteiger partial charge >= 0.3 is 0 Å². The standard InChI is InChI=1S/C14H15NOS2/c1-4-15-13(16)12(18-14(15)17)8-11-7-9(2)5-6-10(11)3/h5-8H,4H2,1-3H3/b12-8+. The number of benzene rings is 1. The van der Waals surface area contributed by atoms with Crippen LogP contribution in [0.3, 0.4) is 0 Å². The minimum Gasteiger partial charge on any atom is -0.293 e. The Morgan fingerprint density at radius 2 is 2.11 bits per heavy atom. The van der Waals surface area contributed by atoms with Crippen LogP contribution in [0.5, 0.6) is 0 Å². The third-order valence-corrected chi connectivity index (χ3v) is 4.29. The Labute approximate surface area is 117 Å². The maximum atomic E-state index is 12.1. The van der Waals surface area contributed by atoms with E-state index in [1.54, 1.807) is 4.90 Å². The Morgan fingerprint density at radius 1 is 1.39 bits per heavy atom. The molecule has 18 heavy (non-hydrogen) atoms. The van der Waals surface area contributed by atoms with Crippen LogP contribution in [0.4, 0.5) is 0 Å². The first-order chi connectivity index (χ1) is 8.52. The normalized spacial score (nSPS) is 17.9. The highest BCUT2D eigenvalue weighted by molar-refractivity contribution is 8.26. The molecule has 0 bridgehead atoms. The van der Waals surface area contributed by atoms with E-state index in [-0.39, 0.29) is 5.91 Å². The number of carbonyl (C=O) groups excluding carboxylic acids is 1. The van der Waals surface area contributed by atoms with Crippen LogP contribution < -0.4 is 0 Å². The van der Waals surface area contributed by atoms with Gasteiger partial charge in [0.2, 0.25) is 0 Å². The van der Waals surface area contributed by atoms with Gasteiger partial charge in [0.1, 0.15) is 4.32 Å². The number of nitrogens with zero attached hydrogens (tertiary/aromatic N) is 1. The fourth-order valence-electron chi connectivity index (χ4n) is 1.83. The number of carbonyl (C=O) groups is 1. The molecular weight excluding hydrogens is 262 g/mol. The number of hydrogen-bond acceptors (Lipinski definition) is 3. The molecule has 1 aliphatic heterocycles. The first-order valence-electron chi connectivity index (χ1n) is 5.85. The lowest BCUT2D eigenvalue weighted by Crippen LogP contribution is -2.27. The van der Waals surface area contributed by atoms with Crippen molar-refractivity contribution < 1.29 is 4.79 Å². The molecule has 1 fully saturated rings. The second kappa shape index (κ2) is 5.24. The highest BCUT2D eigenvalue weighted by Gasteiger charge is 2.30. The predicted octanol–water partition coefficient (Wildman–Crippen LogP) is 3.52. The first-order valence-corrected chi connectivity index (χ1v) is 7.08. The van der Waals surface area contributed by atoms with Crippen LogP contribution >= 0.6 is 24.0 Å². The number of hydrogen-bond donors (Lipinski definition) is 0. The molecule has 0 unspecified atom stereocenters. The van der Waals surface area contributed by atoms with Crippen molar-refractivity contribution in [2.45, 2.75) is 20.8 Å². The molecular formula is C14H15NOS2. The number of thiocarbonyl (C=S) groups is 1. The van der Waals surface area contributed by atoms with E-state index in [0.29, 0.717) is 10.9 Å². The fourth-order valence-corrected chi connectivity index (χ4v) is 3.20. The molecule has 1 saturated heterocycles. The molecule has 0 N–H and O–H groups in total. The maximum Gasteiger partial charge on any atom is 0.266 e. The zero-order chi connectivity index (χ0) is 13.3. The summed E-state index contributed by atoms with van der Waals surface area (Å²) in [7, 11) is 0. The van der Waals surface area contributed by atoms with Crippen molar-refractivity contribution in [2.24, 2.45) is 0 Å². The molecule has 4 heteroatoms. The molecule has 1 amide bonds. The molecule has 0 aromatic heterocycles. The molecule has 2 nitrogen and oxygen atoms in total. The Bertz CT molecular complexity index is 549. The summed E-state index contributed by atoms with van der Waals surface area (Å²) in [6.07, 6.45) is 1.94. The molecule has 0 saturated carbocycles. The largest absolute Gasteiger partial charge is 0.293 e. The van der Waals surface area contributed by atoms with Crippen LogP contribution in [0, 0.1) is 13.8 Å². The summed E-state index contributed by atoms with van der Waals surface area (Å²) in [4.78, 5) is 14.5. The number of amides is 1. The Kier molecular flexibility index (Phi) is 3.88. The van der Waals surface area contributed by atoms with Gasteiger partial charge in [-0.25, -0.2) is 0 Å². The lowest BCUT2D eigenvalue weighted by molar-refractivity contribution is -0.121. The van der Waals surface area contributed by atoms with Gasteiger partial charge in [0.25, 0.3) is 5.91 Å². The van der Waals surface area contributed by atoms with Gasteiger partial charge in [0, 0.05) is 6.54 Å². The Balaban J connectivity index is 2.38. The average molecular weight is 277 g/mol. The molecule has 94 valence electrons. The Morgan fingerprint density at radius 3 is 2.72 bits per heavy atom. The third kappa shape index (κ3) is 2.49. The van der Waals surface area contributed by atoms with Gasteiger partial charge < -0.3 is 0 Å². The number of likely N-dealkylation sites (N-methyl/N-ethyl adjacent to an activating group) is 1. The summed E-state index contributed by atoms with van der Waals surface area (Å²) in [6, 6.07) is 6.24. The molecule has 1 heterocycles. The monoisotopic (exact) mass is 277 g/mol. The van der Waals surface area contributed by atoms with Gasteiger partial charge in [-0.05, 0) is 38.0 Å². The molecule has 0 aliphatic carbocycles. The molecule has 0 spiro atoms. The van der Waals surface area contributed by atoms with E-state index in [9.17, 15) is 4.79 Å². The van der Waals surface area contributed by atoms with E-state index in [0.717, 1.165) is 10.5 Å². The summed E-state index contributed by atoms with van der Waals surface area (Å²) < 4.78 is 0.652. The lowest BCUT2D eigenvalue weighted by atomic mass is 10.1. The molecule has 1 aliphatic rings. The van der Waals surface area contributed by atoms with Crippen LogP contribution in [-0.4, -0.2) is 21.7 Å². The van der Waals surface area contributed by atoms with E-state index in [4.69, 9.17) is 12.2 Å². The van der Waals surface area contributed by atoms with Crippen LogP contribution in [0.2, 0.25) is 0 Å². The van der Waals surface area contributed by atoms with Gasteiger partial charge in [0.15, 0.2) is 0 Å².